The quantitative estimate of drug-likeness (QED) is 0.931. The largest absolute Gasteiger partial charge is 0.384 e. The number of benzene rings is 1. The van der Waals surface area contributed by atoms with Crippen molar-refractivity contribution in [2.24, 2.45) is 0 Å². The molecule has 2 aromatic rings. The van der Waals surface area contributed by atoms with Crippen LogP contribution in [0.3, 0.4) is 0 Å². The van der Waals surface area contributed by atoms with Gasteiger partial charge < -0.3 is 5.11 Å². The van der Waals surface area contributed by atoms with Crippen LogP contribution in [0.25, 0.3) is 0 Å². The molecule has 0 spiro atoms. The normalized spacial score (nSPS) is 11.8. The number of rotatable bonds is 3. The van der Waals surface area contributed by atoms with E-state index in [4.69, 9.17) is 11.6 Å². The lowest BCUT2D eigenvalue weighted by Gasteiger charge is -2.11. The minimum Gasteiger partial charge on any atom is -0.384 e. The van der Waals surface area contributed by atoms with E-state index in [9.17, 15) is 9.50 Å². The highest BCUT2D eigenvalue weighted by Crippen LogP contribution is 2.18. The van der Waals surface area contributed by atoms with Crippen LogP contribution in [-0.2, 0) is 12.1 Å². The Morgan fingerprint density at radius 3 is 2.72 bits per heavy atom. The molecule has 6 heteroatoms. The molecule has 1 aromatic heterocycles. The lowest BCUT2D eigenvalue weighted by molar-refractivity contribution is 0.0737. The van der Waals surface area contributed by atoms with Crippen LogP contribution in [-0.4, -0.2) is 20.1 Å². The van der Waals surface area contributed by atoms with Gasteiger partial charge in [-0.3, -0.25) is 0 Å². The number of halogens is 2. The maximum absolute atomic E-state index is 13.3. The summed E-state index contributed by atoms with van der Waals surface area (Å²) in [5.74, 6) is -0.461. The molecule has 0 unspecified atom stereocenters. The van der Waals surface area contributed by atoms with Crippen molar-refractivity contribution in [1.82, 2.24) is 15.0 Å². The number of nitrogens with zero attached hydrogens (tertiary/aromatic N) is 3. The number of hydrogen-bond donors (Lipinski definition) is 1. The third-order valence-electron chi connectivity index (χ3n) is 2.49. The molecular formula is C12H13ClFN3O. The van der Waals surface area contributed by atoms with Gasteiger partial charge in [0.15, 0.2) is 0 Å². The summed E-state index contributed by atoms with van der Waals surface area (Å²) in [7, 11) is 0. The molecule has 0 aliphatic heterocycles. The summed E-state index contributed by atoms with van der Waals surface area (Å²) in [4.78, 5) is 0. The summed E-state index contributed by atoms with van der Waals surface area (Å²) in [5, 5.41) is 17.6. The van der Waals surface area contributed by atoms with Gasteiger partial charge in [-0.25, -0.2) is 9.07 Å². The first-order valence-corrected chi connectivity index (χ1v) is 5.81. The van der Waals surface area contributed by atoms with Gasteiger partial charge in [0.25, 0.3) is 0 Å². The summed E-state index contributed by atoms with van der Waals surface area (Å²) in [6, 6.07) is 4.57. The molecule has 0 atom stereocenters. The van der Waals surface area contributed by atoms with Crippen molar-refractivity contribution < 1.29 is 9.50 Å². The van der Waals surface area contributed by atoms with Gasteiger partial charge in [0, 0.05) is 0 Å². The highest BCUT2D eigenvalue weighted by molar-refractivity contribution is 6.30. The molecule has 4 nitrogen and oxygen atoms in total. The summed E-state index contributed by atoms with van der Waals surface area (Å²) in [6.07, 6.45) is 1.63. The van der Waals surface area contributed by atoms with Gasteiger partial charge in [-0.2, -0.15) is 0 Å². The van der Waals surface area contributed by atoms with Crippen molar-refractivity contribution in [3.05, 3.63) is 46.5 Å². The summed E-state index contributed by atoms with van der Waals surface area (Å²) in [5.41, 5.74) is 0.157. The molecule has 0 radical (unpaired) electrons. The van der Waals surface area contributed by atoms with Crippen molar-refractivity contribution in [3.63, 3.8) is 0 Å². The zero-order chi connectivity index (χ0) is 13.3. The number of aromatic nitrogens is 3. The van der Waals surface area contributed by atoms with E-state index in [2.05, 4.69) is 10.3 Å². The van der Waals surface area contributed by atoms with Crippen LogP contribution in [0.15, 0.2) is 24.4 Å². The maximum Gasteiger partial charge on any atom is 0.142 e. The molecular weight excluding hydrogens is 257 g/mol. The number of aliphatic hydroxyl groups is 1. The third-order valence-corrected chi connectivity index (χ3v) is 2.80. The van der Waals surface area contributed by atoms with Crippen molar-refractivity contribution in [1.29, 1.82) is 0 Å². The number of hydrogen-bond acceptors (Lipinski definition) is 3. The first-order chi connectivity index (χ1) is 8.36. The van der Waals surface area contributed by atoms with Gasteiger partial charge in [-0.1, -0.05) is 22.9 Å². The minimum absolute atomic E-state index is 0.0921. The fourth-order valence-electron chi connectivity index (χ4n) is 1.48. The lowest BCUT2D eigenvalue weighted by atomic mass is 10.1. The average Bonchev–Trinajstić information content (AvgIpc) is 2.72. The van der Waals surface area contributed by atoms with Crippen LogP contribution in [0.4, 0.5) is 4.39 Å². The van der Waals surface area contributed by atoms with Crippen molar-refractivity contribution in [3.8, 4) is 0 Å². The van der Waals surface area contributed by atoms with Gasteiger partial charge in [0.05, 0.1) is 17.8 Å². The van der Waals surface area contributed by atoms with E-state index in [-0.39, 0.29) is 5.02 Å². The highest BCUT2D eigenvalue weighted by Gasteiger charge is 2.20. The Balaban J connectivity index is 2.19. The van der Waals surface area contributed by atoms with E-state index >= 15 is 0 Å². The zero-order valence-corrected chi connectivity index (χ0v) is 10.8. The molecule has 1 N–H and O–H groups in total. The predicted molar refractivity (Wildman–Crippen MR) is 65.8 cm³/mol. The minimum atomic E-state index is -1.04. The van der Waals surface area contributed by atoms with E-state index in [1.165, 1.54) is 16.8 Å². The molecule has 2 rings (SSSR count). The molecule has 0 aliphatic carbocycles. The van der Waals surface area contributed by atoms with Crippen LogP contribution in [0.2, 0.25) is 5.02 Å². The van der Waals surface area contributed by atoms with Crippen LogP contribution in [0.1, 0.15) is 25.1 Å². The van der Waals surface area contributed by atoms with Crippen molar-refractivity contribution in [2.75, 3.05) is 0 Å². The molecule has 0 aliphatic rings. The van der Waals surface area contributed by atoms with E-state index in [0.717, 1.165) is 5.56 Å². The van der Waals surface area contributed by atoms with E-state index in [1.807, 2.05) is 0 Å². The molecule has 0 bridgehead atoms. The van der Waals surface area contributed by atoms with Crippen LogP contribution < -0.4 is 0 Å². The average molecular weight is 270 g/mol. The van der Waals surface area contributed by atoms with Gasteiger partial charge in [-0.05, 0) is 31.5 Å². The molecule has 0 saturated carbocycles. The third kappa shape index (κ3) is 2.86. The van der Waals surface area contributed by atoms with Crippen LogP contribution in [0, 0.1) is 5.82 Å². The van der Waals surface area contributed by atoms with Crippen molar-refractivity contribution in [2.45, 2.75) is 26.0 Å². The first-order valence-electron chi connectivity index (χ1n) is 5.43. The Labute approximate surface area is 109 Å². The van der Waals surface area contributed by atoms with E-state index < -0.39 is 11.4 Å². The van der Waals surface area contributed by atoms with Crippen LogP contribution >= 0.6 is 11.6 Å². The lowest BCUT2D eigenvalue weighted by Crippen LogP contribution is -2.15. The second-order valence-corrected chi connectivity index (χ2v) is 5.02. The monoisotopic (exact) mass is 269 g/mol. The van der Waals surface area contributed by atoms with Crippen molar-refractivity contribution >= 4 is 11.6 Å². The van der Waals surface area contributed by atoms with E-state index in [0.29, 0.717) is 12.2 Å². The van der Waals surface area contributed by atoms with Gasteiger partial charge in [0.1, 0.15) is 17.1 Å². The maximum atomic E-state index is 13.3. The Morgan fingerprint density at radius 1 is 1.44 bits per heavy atom. The zero-order valence-electron chi connectivity index (χ0n) is 10.1. The molecule has 0 saturated heterocycles. The predicted octanol–water partition coefficient (Wildman–Crippen LogP) is 2.35. The van der Waals surface area contributed by atoms with E-state index in [1.54, 1.807) is 26.1 Å². The molecule has 18 heavy (non-hydrogen) atoms. The second kappa shape index (κ2) is 4.66. The smallest absolute Gasteiger partial charge is 0.142 e. The Bertz CT molecular complexity index is 563. The van der Waals surface area contributed by atoms with Gasteiger partial charge >= 0.3 is 0 Å². The Kier molecular flexibility index (Phi) is 3.36. The topological polar surface area (TPSA) is 50.9 Å². The Hall–Kier alpha value is -1.46. The summed E-state index contributed by atoms with van der Waals surface area (Å²) < 4.78 is 14.8. The fraction of sp³-hybridized carbons (Fsp3) is 0.333. The highest BCUT2D eigenvalue weighted by atomic mass is 35.5. The molecule has 1 heterocycles. The standard InChI is InChI=1S/C12H13ClFN3O/c1-12(2,18)11-7-17(16-15-11)6-8-3-4-9(13)10(14)5-8/h3-5,7,18H,6H2,1-2H3. The summed E-state index contributed by atoms with van der Waals surface area (Å²) in [6.45, 7) is 3.63. The van der Waals surface area contributed by atoms with Crippen LogP contribution in [0.5, 0.6) is 0 Å². The molecule has 1 aromatic carbocycles. The summed E-state index contributed by atoms with van der Waals surface area (Å²) >= 11 is 5.60. The molecule has 0 fully saturated rings. The molecule has 0 amide bonds. The first kappa shape index (κ1) is 13.0. The van der Waals surface area contributed by atoms with Gasteiger partial charge in [0.2, 0.25) is 0 Å². The molecule has 96 valence electrons. The SMILES string of the molecule is CC(C)(O)c1cn(Cc2ccc(Cl)c(F)c2)nn1. The fourth-order valence-corrected chi connectivity index (χ4v) is 1.60. The second-order valence-electron chi connectivity index (χ2n) is 4.61. The Morgan fingerprint density at radius 2 is 2.17 bits per heavy atom. The van der Waals surface area contributed by atoms with Gasteiger partial charge in [-0.15, -0.1) is 5.10 Å².